The number of aromatic hydroxyl groups is 1. The third kappa shape index (κ3) is 3.81. The Balaban J connectivity index is 1.50. The van der Waals surface area contributed by atoms with E-state index in [1.165, 1.54) is 35.4 Å². The zero-order valence-corrected chi connectivity index (χ0v) is 16.1. The van der Waals surface area contributed by atoms with Gasteiger partial charge in [0.15, 0.2) is 5.13 Å². The fourth-order valence-corrected chi connectivity index (χ4v) is 3.57. The standard InChI is InChI=1S/C20H16N4O4S/c1-28-12-6-7-13(17(25)8-12)16-10-29-20(22-16)23-18(26)9-24-11-21-15-5-3-2-4-14(15)19(24)27/h2-8,10-11,25H,9H2,1H3,(H,22,23,26). The van der Waals surface area contributed by atoms with Crippen LogP contribution < -0.4 is 15.6 Å². The molecular weight excluding hydrogens is 392 g/mol. The molecule has 2 aromatic heterocycles. The molecule has 0 aliphatic carbocycles. The second-order valence-electron chi connectivity index (χ2n) is 6.16. The number of methoxy groups -OCH3 is 1. The molecular formula is C20H16N4O4S. The van der Waals surface area contributed by atoms with E-state index in [-0.39, 0.29) is 17.9 Å². The predicted molar refractivity (Wildman–Crippen MR) is 110 cm³/mol. The molecule has 0 radical (unpaired) electrons. The summed E-state index contributed by atoms with van der Waals surface area (Å²) < 4.78 is 6.32. The van der Waals surface area contributed by atoms with E-state index in [1.54, 1.807) is 41.8 Å². The molecule has 0 saturated carbocycles. The van der Waals surface area contributed by atoms with Crippen molar-refractivity contribution in [2.45, 2.75) is 6.54 Å². The van der Waals surface area contributed by atoms with Crippen LogP contribution in [0, 0.1) is 0 Å². The molecule has 0 saturated heterocycles. The lowest BCUT2D eigenvalue weighted by atomic mass is 10.1. The van der Waals surface area contributed by atoms with E-state index in [9.17, 15) is 14.7 Å². The van der Waals surface area contributed by atoms with Crippen molar-refractivity contribution < 1.29 is 14.6 Å². The number of thiazole rings is 1. The molecule has 4 aromatic rings. The van der Waals surface area contributed by atoms with E-state index >= 15 is 0 Å². The lowest BCUT2D eigenvalue weighted by molar-refractivity contribution is -0.116. The maximum atomic E-state index is 12.5. The molecule has 8 nitrogen and oxygen atoms in total. The minimum Gasteiger partial charge on any atom is -0.507 e. The molecule has 0 bridgehead atoms. The summed E-state index contributed by atoms with van der Waals surface area (Å²) in [7, 11) is 1.52. The Bertz CT molecular complexity index is 1260. The maximum Gasteiger partial charge on any atom is 0.261 e. The summed E-state index contributed by atoms with van der Waals surface area (Å²) in [5.41, 5.74) is 1.35. The summed E-state index contributed by atoms with van der Waals surface area (Å²) in [6, 6.07) is 11.9. The van der Waals surface area contributed by atoms with Gasteiger partial charge in [-0.1, -0.05) is 12.1 Å². The van der Waals surface area contributed by atoms with Crippen molar-refractivity contribution in [2.24, 2.45) is 0 Å². The molecule has 0 atom stereocenters. The van der Waals surface area contributed by atoms with Crippen LogP contribution in [0.2, 0.25) is 0 Å². The number of anilines is 1. The Morgan fingerprint density at radius 3 is 2.90 bits per heavy atom. The van der Waals surface area contributed by atoms with Gasteiger partial charge in [-0.15, -0.1) is 11.3 Å². The minimum atomic E-state index is -0.399. The van der Waals surface area contributed by atoms with Crippen molar-refractivity contribution in [3.05, 3.63) is 64.5 Å². The van der Waals surface area contributed by atoms with Crippen molar-refractivity contribution in [2.75, 3.05) is 12.4 Å². The molecule has 0 aliphatic heterocycles. The highest BCUT2D eigenvalue weighted by molar-refractivity contribution is 7.14. The van der Waals surface area contributed by atoms with Crippen LogP contribution >= 0.6 is 11.3 Å². The molecule has 146 valence electrons. The van der Waals surface area contributed by atoms with Gasteiger partial charge in [0.05, 0.1) is 30.0 Å². The second kappa shape index (κ2) is 7.72. The first-order valence-electron chi connectivity index (χ1n) is 8.62. The normalized spacial score (nSPS) is 10.8. The number of carbonyl (C=O) groups excluding carboxylic acids is 1. The van der Waals surface area contributed by atoms with Crippen LogP contribution in [0.15, 0.2) is 59.0 Å². The van der Waals surface area contributed by atoms with Crippen LogP contribution in [0.25, 0.3) is 22.2 Å². The molecule has 2 heterocycles. The maximum absolute atomic E-state index is 12.5. The fourth-order valence-electron chi connectivity index (χ4n) is 2.84. The van der Waals surface area contributed by atoms with Crippen molar-refractivity contribution in [3.8, 4) is 22.8 Å². The summed E-state index contributed by atoms with van der Waals surface area (Å²) in [5.74, 6) is 0.162. The second-order valence-corrected chi connectivity index (χ2v) is 7.02. The van der Waals surface area contributed by atoms with E-state index in [0.29, 0.717) is 33.0 Å². The zero-order valence-electron chi connectivity index (χ0n) is 15.3. The molecule has 0 unspecified atom stereocenters. The number of hydrogen-bond acceptors (Lipinski definition) is 7. The first kappa shape index (κ1) is 18.6. The Kier molecular flexibility index (Phi) is 4.96. The Hall–Kier alpha value is -3.72. The molecule has 0 aliphatic rings. The first-order chi connectivity index (χ1) is 14.0. The number of phenols is 1. The molecule has 0 spiro atoms. The highest BCUT2D eigenvalue weighted by atomic mass is 32.1. The van der Waals surface area contributed by atoms with E-state index in [0.717, 1.165) is 0 Å². The van der Waals surface area contributed by atoms with Gasteiger partial charge in [-0.25, -0.2) is 9.97 Å². The highest BCUT2D eigenvalue weighted by Crippen LogP contribution is 2.34. The SMILES string of the molecule is COc1ccc(-c2csc(NC(=O)Cn3cnc4ccccc4c3=O)n2)c(O)c1. The monoisotopic (exact) mass is 408 g/mol. The third-order valence-corrected chi connectivity index (χ3v) is 5.03. The highest BCUT2D eigenvalue weighted by Gasteiger charge is 2.13. The summed E-state index contributed by atoms with van der Waals surface area (Å²) >= 11 is 1.22. The van der Waals surface area contributed by atoms with Gasteiger partial charge in [0, 0.05) is 17.0 Å². The van der Waals surface area contributed by atoms with E-state index in [4.69, 9.17) is 4.74 Å². The Morgan fingerprint density at radius 1 is 1.28 bits per heavy atom. The number of nitrogens with one attached hydrogen (secondary N) is 1. The smallest absolute Gasteiger partial charge is 0.261 e. The number of carbonyl (C=O) groups is 1. The van der Waals surface area contributed by atoms with E-state index in [1.807, 2.05) is 0 Å². The lowest BCUT2D eigenvalue weighted by Gasteiger charge is -2.06. The van der Waals surface area contributed by atoms with Gasteiger partial charge >= 0.3 is 0 Å². The van der Waals surface area contributed by atoms with Crippen LogP contribution in [-0.2, 0) is 11.3 Å². The Labute approximate surface area is 169 Å². The third-order valence-electron chi connectivity index (χ3n) is 4.28. The molecule has 1 amide bonds. The number of benzene rings is 2. The van der Waals surface area contributed by atoms with Crippen LogP contribution in [0.4, 0.5) is 5.13 Å². The molecule has 2 N–H and O–H groups in total. The largest absolute Gasteiger partial charge is 0.507 e. The van der Waals surface area contributed by atoms with Crippen LogP contribution in [0.5, 0.6) is 11.5 Å². The average Bonchev–Trinajstić information content (AvgIpc) is 3.18. The summed E-state index contributed by atoms with van der Waals surface area (Å²) in [4.78, 5) is 33.4. The van der Waals surface area contributed by atoms with Crippen LogP contribution in [-0.4, -0.2) is 32.7 Å². The van der Waals surface area contributed by atoms with Gasteiger partial charge in [0.25, 0.3) is 5.56 Å². The quantitative estimate of drug-likeness (QED) is 0.526. The first-order valence-corrected chi connectivity index (χ1v) is 9.50. The molecule has 0 fully saturated rings. The van der Waals surface area contributed by atoms with Gasteiger partial charge in [-0.2, -0.15) is 0 Å². The van der Waals surface area contributed by atoms with Crippen LogP contribution in [0.3, 0.4) is 0 Å². The van der Waals surface area contributed by atoms with E-state index in [2.05, 4.69) is 15.3 Å². The van der Waals surface area contributed by atoms with E-state index < -0.39 is 5.91 Å². The summed E-state index contributed by atoms with van der Waals surface area (Å²) in [5, 5.41) is 15.3. The average molecular weight is 408 g/mol. The number of rotatable bonds is 5. The zero-order chi connectivity index (χ0) is 20.4. The molecule has 9 heteroatoms. The van der Waals surface area contributed by atoms with Gasteiger partial charge in [-0.05, 0) is 24.3 Å². The van der Waals surface area contributed by atoms with Gasteiger partial charge in [-0.3, -0.25) is 14.2 Å². The van der Waals surface area contributed by atoms with Crippen LogP contribution in [0.1, 0.15) is 0 Å². The van der Waals surface area contributed by atoms with Gasteiger partial charge < -0.3 is 15.2 Å². The number of amides is 1. The van der Waals surface area contributed by atoms with Crippen molar-refractivity contribution in [1.82, 2.24) is 14.5 Å². The molecule has 4 rings (SSSR count). The fraction of sp³-hybridized carbons (Fsp3) is 0.100. The number of hydrogen-bond donors (Lipinski definition) is 2. The molecule has 29 heavy (non-hydrogen) atoms. The topological polar surface area (TPSA) is 106 Å². The van der Waals surface area contributed by atoms with Crippen molar-refractivity contribution in [1.29, 1.82) is 0 Å². The summed E-state index contributed by atoms with van der Waals surface area (Å²) in [6.45, 7) is -0.181. The number of aromatic nitrogens is 3. The summed E-state index contributed by atoms with van der Waals surface area (Å²) in [6.07, 6.45) is 1.35. The number of nitrogens with zero attached hydrogens (tertiary/aromatic N) is 3. The Morgan fingerprint density at radius 2 is 2.10 bits per heavy atom. The molecule has 2 aromatic carbocycles. The van der Waals surface area contributed by atoms with Gasteiger partial charge in [0.1, 0.15) is 18.0 Å². The lowest BCUT2D eigenvalue weighted by Crippen LogP contribution is -2.27. The van der Waals surface area contributed by atoms with Crippen molar-refractivity contribution >= 4 is 33.3 Å². The number of para-hydroxylation sites is 1. The number of ether oxygens (including phenoxy) is 1. The number of fused-ring (bicyclic) bond motifs is 1. The minimum absolute atomic E-state index is 0.0290. The van der Waals surface area contributed by atoms with Gasteiger partial charge in [0.2, 0.25) is 5.91 Å². The number of phenolic OH excluding ortho intramolecular Hbond substituents is 1. The predicted octanol–water partition coefficient (Wildman–Crippen LogP) is 2.87. The van der Waals surface area contributed by atoms with Crippen molar-refractivity contribution in [3.63, 3.8) is 0 Å².